The van der Waals surface area contributed by atoms with Crippen LogP contribution in [0.1, 0.15) is 12.8 Å². The van der Waals surface area contributed by atoms with E-state index in [0.29, 0.717) is 17.6 Å². The fourth-order valence-electron chi connectivity index (χ4n) is 3.31. The van der Waals surface area contributed by atoms with Crippen molar-refractivity contribution in [2.75, 3.05) is 43.1 Å². The number of piperidine rings is 1. The normalized spacial score (nSPS) is 20.9. The first kappa shape index (κ1) is 20.5. The molecule has 0 bridgehead atoms. The third-order valence-corrected chi connectivity index (χ3v) is 5.89. The van der Waals surface area contributed by atoms with Gasteiger partial charge in [-0.3, -0.25) is 25.6 Å². The number of hydrazine groups is 1. The molecule has 2 amide bonds. The van der Waals surface area contributed by atoms with Gasteiger partial charge in [0.25, 0.3) is 0 Å². The van der Waals surface area contributed by atoms with E-state index in [1.54, 1.807) is 40.1 Å². The average Bonchev–Trinajstić information content (AvgIpc) is 3.18. The summed E-state index contributed by atoms with van der Waals surface area (Å²) in [5, 5.41) is 13.4. The Hall–Kier alpha value is -2.26. The number of likely N-dealkylation sites (tertiary alicyclic amines) is 1. The predicted molar refractivity (Wildman–Crippen MR) is 105 cm³/mol. The van der Waals surface area contributed by atoms with Crippen molar-refractivity contribution in [2.45, 2.75) is 24.9 Å². The van der Waals surface area contributed by atoms with Gasteiger partial charge in [-0.1, -0.05) is 0 Å². The smallest absolute Gasteiger partial charge is 0.240 e. The molecule has 1 aromatic rings. The highest BCUT2D eigenvalue weighted by Gasteiger charge is 2.31. The van der Waals surface area contributed by atoms with Crippen LogP contribution in [0.3, 0.4) is 0 Å². The molecule has 3 heterocycles. The van der Waals surface area contributed by atoms with E-state index in [1.807, 2.05) is 4.90 Å². The van der Waals surface area contributed by atoms with E-state index in [-0.39, 0.29) is 37.0 Å². The number of carbonyl (C=O) groups excluding carboxylic acids is 2. The lowest BCUT2D eigenvalue weighted by Crippen LogP contribution is -2.53. The van der Waals surface area contributed by atoms with E-state index in [4.69, 9.17) is 11.1 Å². The second-order valence-electron chi connectivity index (χ2n) is 6.81. The summed E-state index contributed by atoms with van der Waals surface area (Å²) < 4.78 is 0. The van der Waals surface area contributed by atoms with Gasteiger partial charge in [0.05, 0.1) is 25.0 Å². The van der Waals surface area contributed by atoms with Crippen molar-refractivity contribution in [3.05, 3.63) is 18.5 Å². The third-order valence-electron chi connectivity index (χ3n) is 4.88. The number of carbonyl (C=O) groups is 2. The Morgan fingerprint density at radius 1 is 1.36 bits per heavy atom. The average molecular weight is 405 g/mol. The molecule has 0 aliphatic carbocycles. The van der Waals surface area contributed by atoms with E-state index in [2.05, 4.69) is 21.4 Å². The largest absolute Gasteiger partial charge is 0.315 e. The molecule has 2 saturated heterocycles. The predicted octanol–water partition coefficient (Wildman–Crippen LogP) is -0.520. The zero-order valence-corrected chi connectivity index (χ0v) is 16.3. The number of hydrogen-bond donors (Lipinski definition) is 2. The minimum absolute atomic E-state index is 0.0801. The van der Waals surface area contributed by atoms with Crippen LogP contribution in [0.5, 0.6) is 0 Å². The molecule has 28 heavy (non-hydrogen) atoms. The topological polar surface area (TPSA) is 131 Å². The second kappa shape index (κ2) is 9.79. The van der Waals surface area contributed by atoms with E-state index >= 15 is 0 Å². The molecule has 0 spiro atoms. The summed E-state index contributed by atoms with van der Waals surface area (Å²) in [6, 6.07) is 3.57. The van der Waals surface area contributed by atoms with Gasteiger partial charge < -0.3 is 4.90 Å². The number of aromatic nitrogens is 2. The molecular formula is C17H24N8O2S. The number of nitrogens with one attached hydrogen (secondary N) is 1. The number of amides is 2. The number of thioether (sulfide) groups is 1. The molecule has 2 fully saturated rings. The molecule has 1 aromatic heterocycles. The van der Waals surface area contributed by atoms with Crippen molar-refractivity contribution in [3.63, 3.8) is 0 Å². The molecule has 10 nitrogen and oxygen atoms in total. The first-order chi connectivity index (χ1) is 13.6. The maximum atomic E-state index is 12.4. The summed E-state index contributed by atoms with van der Waals surface area (Å²) in [6.45, 7) is 1.81. The van der Waals surface area contributed by atoms with E-state index < -0.39 is 0 Å². The van der Waals surface area contributed by atoms with Crippen molar-refractivity contribution in [1.82, 2.24) is 24.8 Å². The van der Waals surface area contributed by atoms with Crippen molar-refractivity contribution in [3.8, 4) is 6.07 Å². The molecule has 3 rings (SSSR count). The quantitative estimate of drug-likeness (QED) is 0.475. The molecule has 3 N–H and O–H groups in total. The standard InChI is InChI=1S/C17H24N8O2S/c18-8-14-11-28-12-24(14)16(27)10-25(19)13-2-6-23(7-3-13)9-15(26)22-17-20-4-1-5-21-17/h1,4-5,13-14H,2-3,6-7,9-12,19H2,(H,20,21,22,26)/t14-/m1/s1. The van der Waals surface area contributed by atoms with Gasteiger partial charge in [-0.2, -0.15) is 5.26 Å². The zero-order chi connectivity index (χ0) is 19.9. The fourth-order valence-corrected chi connectivity index (χ4v) is 4.42. The number of nitrogens with two attached hydrogens (primary N) is 1. The lowest BCUT2D eigenvalue weighted by molar-refractivity contribution is -0.132. The molecule has 1 atom stereocenters. The number of rotatable bonds is 6. The van der Waals surface area contributed by atoms with Crippen LogP contribution < -0.4 is 11.2 Å². The number of nitriles is 1. The van der Waals surface area contributed by atoms with E-state index in [0.717, 1.165) is 25.9 Å². The highest BCUT2D eigenvalue weighted by molar-refractivity contribution is 7.99. The summed E-state index contributed by atoms with van der Waals surface area (Å²) in [7, 11) is 0. The van der Waals surface area contributed by atoms with Gasteiger partial charge >= 0.3 is 0 Å². The molecule has 2 aliphatic rings. The number of anilines is 1. The van der Waals surface area contributed by atoms with Crippen molar-refractivity contribution in [1.29, 1.82) is 5.26 Å². The lowest BCUT2D eigenvalue weighted by Gasteiger charge is -2.36. The molecular weight excluding hydrogens is 380 g/mol. The van der Waals surface area contributed by atoms with Crippen LogP contribution in [0.2, 0.25) is 0 Å². The van der Waals surface area contributed by atoms with Gasteiger partial charge in [-0.15, -0.1) is 11.8 Å². The van der Waals surface area contributed by atoms with Gasteiger partial charge in [0.1, 0.15) is 6.04 Å². The Morgan fingerprint density at radius 3 is 2.75 bits per heavy atom. The van der Waals surface area contributed by atoms with Crippen molar-refractivity contribution >= 4 is 29.5 Å². The van der Waals surface area contributed by atoms with Crippen LogP contribution in [-0.2, 0) is 9.59 Å². The summed E-state index contributed by atoms with van der Waals surface area (Å²) in [5.41, 5.74) is 0. The third kappa shape index (κ3) is 5.39. The van der Waals surface area contributed by atoms with Crippen LogP contribution in [0.25, 0.3) is 0 Å². The fraction of sp³-hybridized carbons (Fsp3) is 0.588. The van der Waals surface area contributed by atoms with Crippen LogP contribution >= 0.6 is 11.8 Å². The molecule has 0 saturated carbocycles. The second-order valence-corrected chi connectivity index (χ2v) is 7.81. The monoisotopic (exact) mass is 404 g/mol. The van der Waals surface area contributed by atoms with Crippen LogP contribution in [0, 0.1) is 11.3 Å². The van der Waals surface area contributed by atoms with Crippen LogP contribution in [0.4, 0.5) is 5.95 Å². The molecule has 150 valence electrons. The maximum absolute atomic E-state index is 12.4. The van der Waals surface area contributed by atoms with E-state index in [9.17, 15) is 9.59 Å². The highest BCUT2D eigenvalue weighted by atomic mass is 32.2. The molecule has 11 heteroatoms. The van der Waals surface area contributed by atoms with Crippen molar-refractivity contribution in [2.24, 2.45) is 5.84 Å². The summed E-state index contributed by atoms with van der Waals surface area (Å²) in [6.07, 6.45) is 4.69. The molecule has 0 unspecified atom stereocenters. The van der Waals surface area contributed by atoms with Crippen molar-refractivity contribution < 1.29 is 9.59 Å². The highest BCUT2D eigenvalue weighted by Crippen LogP contribution is 2.21. The van der Waals surface area contributed by atoms with Gasteiger partial charge in [0, 0.05) is 37.3 Å². The SMILES string of the molecule is N#C[C@@H]1CSCN1C(=O)CN(N)C1CCN(CC(=O)Nc2ncccn2)CC1. The zero-order valence-electron chi connectivity index (χ0n) is 15.5. The Balaban J connectivity index is 1.40. The minimum atomic E-state index is -0.361. The molecule has 0 radical (unpaired) electrons. The van der Waals surface area contributed by atoms with Crippen LogP contribution in [0.15, 0.2) is 18.5 Å². The summed E-state index contributed by atoms with van der Waals surface area (Å²) >= 11 is 1.58. The minimum Gasteiger partial charge on any atom is -0.315 e. The first-order valence-corrected chi connectivity index (χ1v) is 10.3. The Morgan fingerprint density at radius 2 is 2.07 bits per heavy atom. The number of hydrogen-bond acceptors (Lipinski definition) is 9. The first-order valence-electron chi connectivity index (χ1n) is 9.14. The van der Waals surface area contributed by atoms with E-state index in [1.165, 1.54) is 0 Å². The number of nitrogens with zero attached hydrogens (tertiary/aromatic N) is 6. The molecule has 0 aromatic carbocycles. The summed E-state index contributed by atoms with van der Waals surface area (Å²) in [4.78, 5) is 36.1. The Kier molecular flexibility index (Phi) is 7.16. The van der Waals surface area contributed by atoms with Crippen LogP contribution in [-0.4, -0.2) is 86.5 Å². The van der Waals surface area contributed by atoms with Gasteiger partial charge in [-0.05, 0) is 18.9 Å². The summed E-state index contributed by atoms with van der Waals surface area (Å²) in [5.74, 6) is 7.37. The maximum Gasteiger partial charge on any atom is 0.240 e. The van der Waals surface area contributed by atoms with Gasteiger partial charge in [0.2, 0.25) is 17.8 Å². The Labute approximate surface area is 168 Å². The van der Waals surface area contributed by atoms with Gasteiger partial charge in [0.15, 0.2) is 0 Å². The van der Waals surface area contributed by atoms with Gasteiger partial charge in [-0.25, -0.2) is 15.0 Å². The molecule has 2 aliphatic heterocycles. The Bertz CT molecular complexity index is 720. The lowest BCUT2D eigenvalue weighted by atomic mass is 10.0.